The van der Waals surface area contributed by atoms with Crippen LogP contribution in [0.2, 0.25) is 0 Å². The maximum atomic E-state index is 3.35. The number of allylic oxidation sites excluding steroid dienone is 2. The van der Waals surface area contributed by atoms with E-state index in [0.29, 0.717) is 0 Å². The lowest BCUT2D eigenvalue weighted by Crippen LogP contribution is -2.32. The Morgan fingerprint density at radius 2 is 1.95 bits per heavy atom. The minimum Gasteiger partial charge on any atom is -0.362 e. The predicted octanol–water partition coefficient (Wildman–Crippen LogP) is 4.04. The highest BCUT2D eigenvalue weighted by Crippen LogP contribution is 2.29. The molecule has 112 valence electrons. The number of rotatable bonds is 12. The number of hydrogen-bond acceptors (Lipinski definition) is 2. The fourth-order valence-corrected chi connectivity index (χ4v) is 3.97. The van der Waals surface area contributed by atoms with E-state index >= 15 is 0 Å². The summed E-state index contributed by atoms with van der Waals surface area (Å²) < 4.78 is 0. The monoisotopic (exact) mass is 283 g/mol. The fourth-order valence-electron chi connectivity index (χ4n) is 2.72. The molecule has 0 aliphatic carbocycles. The molecule has 3 heteroatoms. The summed E-state index contributed by atoms with van der Waals surface area (Å²) >= 11 is 2.05. The summed E-state index contributed by atoms with van der Waals surface area (Å²) in [6, 6.07) is 0. The second-order valence-electron chi connectivity index (χ2n) is 5.61. The molecule has 0 aromatic carbocycles. The molecular weight excluding hydrogens is 249 g/mol. The van der Waals surface area contributed by atoms with Gasteiger partial charge in [-0.05, 0) is 43.9 Å². The van der Waals surface area contributed by atoms with Crippen molar-refractivity contribution in [1.82, 2.24) is 5.23 Å². The maximum absolute atomic E-state index is 3.35. The van der Waals surface area contributed by atoms with Gasteiger partial charge in [0, 0.05) is 5.25 Å². The SMILES string of the molecule is BNCC(CC)C(SC)C(C)C/C=C/CCCCC. The summed E-state index contributed by atoms with van der Waals surface area (Å²) in [4.78, 5) is 0. The van der Waals surface area contributed by atoms with Crippen molar-refractivity contribution in [2.24, 2.45) is 11.8 Å². The molecule has 0 amide bonds. The summed E-state index contributed by atoms with van der Waals surface area (Å²) in [5, 5.41) is 4.12. The quantitative estimate of drug-likeness (QED) is 0.329. The fraction of sp³-hybridized carbons (Fsp3) is 0.875. The van der Waals surface area contributed by atoms with Crippen molar-refractivity contribution in [3.8, 4) is 0 Å². The van der Waals surface area contributed by atoms with Crippen molar-refractivity contribution >= 4 is 19.7 Å². The average Bonchev–Trinajstić information content (AvgIpc) is 2.42. The van der Waals surface area contributed by atoms with Gasteiger partial charge >= 0.3 is 0 Å². The van der Waals surface area contributed by atoms with Gasteiger partial charge in [0.25, 0.3) is 0 Å². The average molecular weight is 283 g/mol. The van der Waals surface area contributed by atoms with E-state index in [1.54, 1.807) is 0 Å². The third-order valence-electron chi connectivity index (χ3n) is 3.94. The molecule has 3 atom stereocenters. The van der Waals surface area contributed by atoms with E-state index in [4.69, 9.17) is 0 Å². The number of unbranched alkanes of at least 4 members (excludes halogenated alkanes) is 3. The van der Waals surface area contributed by atoms with Crippen LogP contribution in [0.1, 0.15) is 59.3 Å². The molecule has 0 fully saturated rings. The predicted molar refractivity (Wildman–Crippen MR) is 94.7 cm³/mol. The minimum absolute atomic E-state index is 0.774. The van der Waals surface area contributed by atoms with Gasteiger partial charge in [0.15, 0.2) is 7.98 Å². The first-order valence-corrected chi connectivity index (χ1v) is 9.32. The normalized spacial score (nSPS) is 16.6. The van der Waals surface area contributed by atoms with E-state index in [-0.39, 0.29) is 0 Å². The van der Waals surface area contributed by atoms with Gasteiger partial charge in [-0.25, -0.2) is 0 Å². The molecule has 0 rings (SSSR count). The van der Waals surface area contributed by atoms with Gasteiger partial charge in [-0.15, -0.1) is 0 Å². The summed E-state index contributed by atoms with van der Waals surface area (Å²) in [7, 11) is 2.07. The highest BCUT2D eigenvalue weighted by Gasteiger charge is 2.23. The summed E-state index contributed by atoms with van der Waals surface area (Å²) in [5.41, 5.74) is 0. The molecular formula is C16H34BNS. The molecule has 0 heterocycles. The second kappa shape index (κ2) is 13.1. The van der Waals surface area contributed by atoms with E-state index in [0.717, 1.165) is 23.6 Å². The molecule has 0 bridgehead atoms. The van der Waals surface area contributed by atoms with Gasteiger partial charge in [0.2, 0.25) is 0 Å². The zero-order valence-electron chi connectivity index (χ0n) is 13.7. The van der Waals surface area contributed by atoms with Gasteiger partial charge in [-0.2, -0.15) is 11.8 Å². The zero-order chi connectivity index (χ0) is 14.5. The Morgan fingerprint density at radius 1 is 1.21 bits per heavy atom. The van der Waals surface area contributed by atoms with Crippen LogP contribution in [0.25, 0.3) is 0 Å². The lowest BCUT2D eigenvalue weighted by Gasteiger charge is -2.29. The van der Waals surface area contributed by atoms with Crippen LogP contribution in [0.15, 0.2) is 12.2 Å². The van der Waals surface area contributed by atoms with E-state index in [2.05, 4.69) is 52.4 Å². The maximum Gasteiger partial charge on any atom is 0.181 e. The van der Waals surface area contributed by atoms with Crippen LogP contribution < -0.4 is 5.23 Å². The Labute approximate surface area is 126 Å². The Morgan fingerprint density at radius 3 is 2.47 bits per heavy atom. The Hall–Kier alpha value is 0.115. The molecule has 0 aliphatic rings. The Kier molecular flexibility index (Phi) is 13.2. The van der Waals surface area contributed by atoms with Crippen molar-refractivity contribution in [2.75, 3.05) is 12.8 Å². The van der Waals surface area contributed by atoms with E-state index in [1.165, 1.54) is 38.5 Å². The van der Waals surface area contributed by atoms with Gasteiger partial charge < -0.3 is 5.23 Å². The molecule has 1 nitrogen and oxygen atoms in total. The van der Waals surface area contributed by atoms with Crippen LogP contribution in [0.3, 0.4) is 0 Å². The van der Waals surface area contributed by atoms with Crippen molar-refractivity contribution in [2.45, 2.75) is 64.5 Å². The summed E-state index contributed by atoms with van der Waals surface area (Å²) in [5.74, 6) is 1.57. The summed E-state index contributed by atoms with van der Waals surface area (Å²) in [6.07, 6.45) is 14.9. The zero-order valence-corrected chi connectivity index (χ0v) is 14.6. The highest BCUT2D eigenvalue weighted by molar-refractivity contribution is 7.99. The largest absolute Gasteiger partial charge is 0.362 e. The molecule has 0 aliphatic heterocycles. The number of hydrogen-bond donors (Lipinski definition) is 1. The molecule has 19 heavy (non-hydrogen) atoms. The number of nitrogens with one attached hydrogen (secondary N) is 1. The van der Waals surface area contributed by atoms with Gasteiger partial charge in [0.05, 0.1) is 0 Å². The van der Waals surface area contributed by atoms with E-state index in [9.17, 15) is 0 Å². The van der Waals surface area contributed by atoms with Crippen LogP contribution in [0.4, 0.5) is 0 Å². The highest BCUT2D eigenvalue weighted by atomic mass is 32.2. The van der Waals surface area contributed by atoms with Crippen molar-refractivity contribution in [3.05, 3.63) is 12.2 Å². The van der Waals surface area contributed by atoms with Gasteiger partial charge in [0.1, 0.15) is 0 Å². The minimum atomic E-state index is 0.774. The molecule has 0 aromatic heterocycles. The first-order valence-electron chi connectivity index (χ1n) is 8.03. The van der Waals surface area contributed by atoms with Crippen LogP contribution in [-0.2, 0) is 0 Å². The lowest BCUT2D eigenvalue weighted by atomic mass is 9.90. The third-order valence-corrected chi connectivity index (χ3v) is 5.33. The van der Waals surface area contributed by atoms with Crippen LogP contribution in [-0.4, -0.2) is 26.0 Å². The van der Waals surface area contributed by atoms with E-state index < -0.39 is 0 Å². The molecule has 0 radical (unpaired) electrons. The first-order chi connectivity index (χ1) is 9.21. The third kappa shape index (κ3) is 8.80. The second-order valence-corrected chi connectivity index (χ2v) is 6.62. The molecule has 3 unspecified atom stereocenters. The van der Waals surface area contributed by atoms with Crippen LogP contribution in [0.5, 0.6) is 0 Å². The molecule has 0 saturated carbocycles. The smallest absolute Gasteiger partial charge is 0.181 e. The molecule has 0 spiro atoms. The lowest BCUT2D eigenvalue weighted by molar-refractivity contribution is 0.397. The number of thioether (sulfide) groups is 1. The standard InChI is InChI=1S/C16H34BNS/c1-5-7-8-9-10-11-12-14(3)16(19-4)15(6-2)13-18-17/h10-11,14-16,18H,5-9,12-13,17H2,1-4H3/b11-10+. The molecule has 1 N–H and O–H groups in total. The van der Waals surface area contributed by atoms with Gasteiger partial charge in [-0.1, -0.05) is 52.2 Å². The Bertz CT molecular complexity index is 221. The van der Waals surface area contributed by atoms with Crippen molar-refractivity contribution in [1.29, 1.82) is 0 Å². The topological polar surface area (TPSA) is 12.0 Å². The van der Waals surface area contributed by atoms with Crippen molar-refractivity contribution < 1.29 is 0 Å². The first kappa shape index (κ1) is 19.1. The Balaban J connectivity index is 4.08. The van der Waals surface area contributed by atoms with Crippen LogP contribution in [0, 0.1) is 11.8 Å². The summed E-state index contributed by atoms with van der Waals surface area (Å²) in [6.45, 7) is 8.14. The van der Waals surface area contributed by atoms with Crippen LogP contribution >= 0.6 is 11.8 Å². The molecule has 0 saturated heterocycles. The van der Waals surface area contributed by atoms with E-state index in [1.807, 2.05) is 11.8 Å². The van der Waals surface area contributed by atoms with Gasteiger partial charge in [-0.3, -0.25) is 0 Å². The molecule has 0 aromatic rings. The van der Waals surface area contributed by atoms with Crippen molar-refractivity contribution in [3.63, 3.8) is 0 Å².